The van der Waals surface area contributed by atoms with E-state index in [9.17, 15) is 0 Å². The number of methoxy groups -OCH3 is 1. The highest BCUT2D eigenvalue weighted by Crippen LogP contribution is 2.46. The van der Waals surface area contributed by atoms with Crippen LogP contribution in [0.5, 0.6) is 5.75 Å². The maximum Gasteiger partial charge on any atom is 0.122 e. The predicted molar refractivity (Wildman–Crippen MR) is 109 cm³/mol. The molecule has 0 spiro atoms. The van der Waals surface area contributed by atoms with Gasteiger partial charge < -0.3 is 4.74 Å². The first kappa shape index (κ1) is 16.6. The van der Waals surface area contributed by atoms with E-state index in [4.69, 9.17) is 4.74 Å². The van der Waals surface area contributed by atoms with Crippen LogP contribution in [0.25, 0.3) is 0 Å². The average Bonchev–Trinajstić information content (AvgIpc) is 2.73. The van der Waals surface area contributed by atoms with Crippen molar-refractivity contribution < 1.29 is 4.74 Å². The smallest absolute Gasteiger partial charge is 0.122 e. The van der Waals surface area contributed by atoms with Gasteiger partial charge in [-0.2, -0.15) is 0 Å². The van der Waals surface area contributed by atoms with Crippen LogP contribution in [0.15, 0.2) is 72.8 Å². The van der Waals surface area contributed by atoms with E-state index in [1.165, 1.54) is 34.2 Å². The van der Waals surface area contributed by atoms with Crippen molar-refractivity contribution in [3.63, 3.8) is 0 Å². The molecule has 2 atom stereocenters. The fraction of sp³-hybridized carbons (Fsp3) is 0.280. The van der Waals surface area contributed by atoms with Crippen LogP contribution in [0.2, 0.25) is 0 Å². The summed E-state index contributed by atoms with van der Waals surface area (Å²) in [6.45, 7) is 2.04. The summed E-state index contributed by atoms with van der Waals surface area (Å²) in [5.41, 5.74) is 7.21. The van der Waals surface area contributed by atoms with Crippen LogP contribution in [0.1, 0.15) is 40.2 Å². The molecule has 1 aliphatic heterocycles. The number of ether oxygens (including phenoxy) is 1. The van der Waals surface area contributed by atoms with Crippen molar-refractivity contribution in [2.75, 3.05) is 7.11 Å². The SMILES string of the molecule is COc1cccc2c1CC[C@@H]1[C@@H]2c2ccccc2CN1Cc1ccccc1. The Balaban J connectivity index is 1.60. The number of nitrogens with zero attached hydrogens (tertiary/aromatic N) is 1. The first-order valence-corrected chi connectivity index (χ1v) is 9.86. The van der Waals surface area contributed by atoms with Crippen molar-refractivity contribution in [1.29, 1.82) is 0 Å². The van der Waals surface area contributed by atoms with Crippen LogP contribution in [-0.2, 0) is 19.5 Å². The summed E-state index contributed by atoms with van der Waals surface area (Å²) >= 11 is 0. The topological polar surface area (TPSA) is 12.5 Å². The molecule has 0 amide bonds. The second-order valence-corrected chi connectivity index (χ2v) is 7.70. The summed E-state index contributed by atoms with van der Waals surface area (Å²) in [6.07, 6.45) is 2.27. The molecule has 5 rings (SSSR count). The fourth-order valence-electron chi connectivity index (χ4n) is 5.08. The van der Waals surface area contributed by atoms with Gasteiger partial charge in [0.2, 0.25) is 0 Å². The number of hydrogen-bond acceptors (Lipinski definition) is 2. The van der Waals surface area contributed by atoms with E-state index in [2.05, 4.69) is 77.7 Å². The molecular formula is C25H25NO. The summed E-state index contributed by atoms with van der Waals surface area (Å²) in [6, 6.07) is 27.0. The molecule has 0 saturated heterocycles. The number of fused-ring (bicyclic) bond motifs is 5. The Kier molecular flexibility index (Phi) is 4.21. The van der Waals surface area contributed by atoms with E-state index < -0.39 is 0 Å². The molecule has 2 heteroatoms. The van der Waals surface area contributed by atoms with Crippen LogP contribution < -0.4 is 4.74 Å². The minimum absolute atomic E-state index is 0.428. The largest absolute Gasteiger partial charge is 0.496 e. The normalized spacial score (nSPS) is 21.1. The Morgan fingerprint density at radius 3 is 2.52 bits per heavy atom. The molecule has 0 N–H and O–H groups in total. The van der Waals surface area contributed by atoms with Gasteiger partial charge in [-0.1, -0.05) is 66.7 Å². The summed E-state index contributed by atoms with van der Waals surface area (Å²) in [7, 11) is 1.79. The molecule has 0 fully saturated rings. The molecule has 2 nitrogen and oxygen atoms in total. The van der Waals surface area contributed by atoms with Crippen molar-refractivity contribution >= 4 is 0 Å². The second kappa shape index (κ2) is 6.86. The Bertz CT molecular complexity index is 950. The van der Waals surface area contributed by atoms with Gasteiger partial charge in [-0.3, -0.25) is 4.90 Å². The second-order valence-electron chi connectivity index (χ2n) is 7.70. The Morgan fingerprint density at radius 1 is 0.889 bits per heavy atom. The summed E-state index contributed by atoms with van der Waals surface area (Å²) in [4.78, 5) is 2.69. The number of hydrogen-bond donors (Lipinski definition) is 0. The van der Waals surface area contributed by atoms with Crippen molar-refractivity contribution in [1.82, 2.24) is 4.90 Å². The summed E-state index contributed by atoms with van der Waals surface area (Å²) in [5, 5.41) is 0. The van der Waals surface area contributed by atoms with Gasteiger partial charge in [0.1, 0.15) is 5.75 Å². The standard InChI is InChI=1S/C25H25NO/c1-27-24-13-7-12-22-21(24)14-15-23-25(22)20-11-6-5-10-19(20)17-26(23)16-18-8-3-2-4-9-18/h2-13,23,25H,14-17H2,1H3/t23-,25-/m1/s1. The van der Waals surface area contributed by atoms with E-state index in [1.807, 2.05) is 0 Å². The zero-order valence-corrected chi connectivity index (χ0v) is 15.8. The van der Waals surface area contributed by atoms with Gasteiger partial charge in [0, 0.05) is 25.0 Å². The number of benzene rings is 3. The first-order valence-electron chi connectivity index (χ1n) is 9.86. The molecule has 136 valence electrons. The summed E-state index contributed by atoms with van der Waals surface area (Å²) < 4.78 is 5.69. The van der Waals surface area contributed by atoms with Gasteiger partial charge in [0.05, 0.1) is 7.11 Å². The average molecular weight is 355 g/mol. The van der Waals surface area contributed by atoms with Gasteiger partial charge in [-0.25, -0.2) is 0 Å². The summed E-state index contributed by atoms with van der Waals surface area (Å²) in [5.74, 6) is 1.47. The first-order chi connectivity index (χ1) is 13.3. The van der Waals surface area contributed by atoms with Crippen LogP contribution in [0, 0.1) is 0 Å². The molecule has 3 aromatic carbocycles. The molecule has 0 bridgehead atoms. The van der Waals surface area contributed by atoms with E-state index in [1.54, 1.807) is 7.11 Å². The van der Waals surface area contributed by atoms with Crippen molar-refractivity contribution in [3.8, 4) is 5.75 Å². The minimum Gasteiger partial charge on any atom is -0.496 e. The lowest BCUT2D eigenvalue weighted by molar-refractivity contribution is 0.132. The van der Waals surface area contributed by atoms with Crippen molar-refractivity contribution in [2.24, 2.45) is 0 Å². The third kappa shape index (κ3) is 2.85. The lowest BCUT2D eigenvalue weighted by Crippen LogP contribution is -2.45. The highest BCUT2D eigenvalue weighted by molar-refractivity contribution is 5.51. The van der Waals surface area contributed by atoms with Crippen LogP contribution in [0.4, 0.5) is 0 Å². The Labute approximate surface area is 161 Å². The van der Waals surface area contributed by atoms with Gasteiger partial charge in [-0.05, 0) is 46.7 Å². The highest BCUT2D eigenvalue weighted by atomic mass is 16.5. The third-order valence-electron chi connectivity index (χ3n) is 6.26. The van der Waals surface area contributed by atoms with Gasteiger partial charge in [0.25, 0.3) is 0 Å². The molecule has 0 radical (unpaired) electrons. The molecule has 27 heavy (non-hydrogen) atoms. The molecule has 1 heterocycles. The fourth-order valence-corrected chi connectivity index (χ4v) is 5.08. The lowest BCUT2D eigenvalue weighted by Gasteiger charge is -2.46. The zero-order valence-electron chi connectivity index (χ0n) is 15.8. The van der Waals surface area contributed by atoms with Gasteiger partial charge >= 0.3 is 0 Å². The van der Waals surface area contributed by atoms with E-state index in [0.29, 0.717) is 12.0 Å². The maximum atomic E-state index is 5.69. The van der Waals surface area contributed by atoms with Crippen LogP contribution >= 0.6 is 0 Å². The molecular weight excluding hydrogens is 330 g/mol. The molecule has 2 aliphatic rings. The van der Waals surface area contributed by atoms with Crippen molar-refractivity contribution in [2.45, 2.75) is 37.9 Å². The zero-order chi connectivity index (χ0) is 18.2. The molecule has 3 aromatic rings. The monoisotopic (exact) mass is 355 g/mol. The molecule has 1 aliphatic carbocycles. The highest BCUT2D eigenvalue weighted by Gasteiger charge is 2.39. The van der Waals surface area contributed by atoms with E-state index in [0.717, 1.165) is 25.3 Å². The Hall–Kier alpha value is -2.58. The lowest BCUT2D eigenvalue weighted by atomic mass is 9.71. The molecule has 0 saturated carbocycles. The van der Waals surface area contributed by atoms with Gasteiger partial charge in [0.15, 0.2) is 0 Å². The van der Waals surface area contributed by atoms with Crippen molar-refractivity contribution in [3.05, 3.63) is 101 Å². The van der Waals surface area contributed by atoms with Gasteiger partial charge in [-0.15, -0.1) is 0 Å². The number of rotatable bonds is 3. The quantitative estimate of drug-likeness (QED) is 0.644. The predicted octanol–water partition coefficient (Wildman–Crippen LogP) is 5.16. The molecule has 0 aromatic heterocycles. The van der Waals surface area contributed by atoms with E-state index >= 15 is 0 Å². The third-order valence-corrected chi connectivity index (χ3v) is 6.26. The molecule has 0 unspecified atom stereocenters. The maximum absolute atomic E-state index is 5.69. The Morgan fingerprint density at radius 2 is 1.67 bits per heavy atom. The van der Waals surface area contributed by atoms with Crippen LogP contribution in [0.3, 0.4) is 0 Å². The minimum atomic E-state index is 0.428. The van der Waals surface area contributed by atoms with E-state index in [-0.39, 0.29) is 0 Å². The van der Waals surface area contributed by atoms with Crippen LogP contribution in [-0.4, -0.2) is 18.1 Å².